The van der Waals surface area contributed by atoms with Crippen molar-refractivity contribution in [2.75, 3.05) is 6.61 Å². The van der Waals surface area contributed by atoms with Gasteiger partial charge in [0.2, 0.25) is 0 Å². The van der Waals surface area contributed by atoms with E-state index in [1.165, 1.54) is 6.07 Å². The second-order valence-electron chi connectivity index (χ2n) is 2.65. The van der Waals surface area contributed by atoms with Gasteiger partial charge in [-0.3, -0.25) is 4.79 Å². The van der Waals surface area contributed by atoms with Crippen LogP contribution in [0.15, 0.2) is 22.7 Å². The summed E-state index contributed by atoms with van der Waals surface area (Å²) in [4.78, 5) is 22.7. The zero-order valence-electron chi connectivity index (χ0n) is 7.92. The molecule has 0 amide bonds. The van der Waals surface area contributed by atoms with Crippen LogP contribution in [-0.4, -0.2) is 18.4 Å². The Morgan fingerprint density at radius 2 is 2.13 bits per heavy atom. The van der Waals surface area contributed by atoms with Crippen LogP contribution < -0.4 is 0 Å². The normalized spacial score (nSPS) is 9.80. The van der Waals surface area contributed by atoms with Crippen LogP contribution in [0.4, 0.5) is 0 Å². The summed E-state index contributed by atoms with van der Waals surface area (Å²) in [6.07, 6.45) is 0. The summed E-state index contributed by atoms with van der Waals surface area (Å²) >= 11 is 8.93. The second kappa shape index (κ2) is 5.28. The molecule has 0 aliphatic rings. The van der Waals surface area contributed by atoms with Crippen molar-refractivity contribution < 1.29 is 14.3 Å². The number of hydrogen-bond donors (Lipinski definition) is 0. The fourth-order valence-corrected chi connectivity index (χ4v) is 1.60. The lowest BCUT2D eigenvalue weighted by Crippen LogP contribution is -2.17. The van der Waals surface area contributed by atoms with Crippen LogP contribution in [0.5, 0.6) is 0 Å². The van der Waals surface area contributed by atoms with Gasteiger partial charge in [0.15, 0.2) is 0 Å². The third-order valence-electron chi connectivity index (χ3n) is 1.66. The summed E-state index contributed by atoms with van der Waals surface area (Å²) in [6.45, 7) is 1.81. The molecule has 0 atom stereocenters. The molecular weight excluding hydrogens is 283 g/mol. The third kappa shape index (κ3) is 2.79. The van der Waals surface area contributed by atoms with E-state index < -0.39 is 11.8 Å². The molecule has 0 N–H and O–H groups in total. The lowest BCUT2D eigenvalue weighted by Gasteiger charge is -2.04. The first-order chi connectivity index (χ1) is 7.07. The third-order valence-corrected chi connectivity index (χ3v) is 3.05. The summed E-state index contributed by atoms with van der Waals surface area (Å²) in [6, 6.07) is 4.72. The van der Waals surface area contributed by atoms with Crippen LogP contribution in [-0.2, 0) is 9.53 Å². The number of ketones is 1. The molecule has 80 valence electrons. The minimum atomic E-state index is -0.875. The zero-order chi connectivity index (χ0) is 11.4. The van der Waals surface area contributed by atoms with Gasteiger partial charge in [-0.15, -0.1) is 0 Å². The van der Waals surface area contributed by atoms with Crippen LogP contribution in [0.1, 0.15) is 17.3 Å². The van der Waals surface area contributed by atoms with E-state index >= 15 is 0 Å². The molecule has 0 spiro atoms. The van der Waals surface area contributed by atoms with Crippen LogP contribution in [0.2, 0.25) is 5.02 Å². The lowest BCUT2D eigenvalue weighted by molar-refractivity contribution is -0.137. The maximum absolute atomic E-state index is 11.5. The van der Waals surface area contributed by atoms with E-state index in [0.29, 0.717) is 9.50 Å². The number of halogens is 2. The zero-order valence-corrected chi connectivity index (χ0v) is 10.3. The number of benzene rings is 1. The number of carbonyl (C=O) groups excluding carboxylic acids is 2. The van der Waals surface area contributed by atoms with E-state index in [4.69, 9.17) is 11.6 Å². The fraction of sp³-hybridized carbons (Fsp3) is 0.200. The van der Waals surface area contributed by atoms with Crippen molar-refractivity contribution in [2.24, 2.45) is 0 Å². The average Bonchev–Trinajstić information content (AvgIpc) is 2.21. The predicted octanol–water partition coefficient (Wildman–Crippen LogP) is 2.85. The lowest BCUT2D eigenvalue weighted by atomic mass is 10.1. The molecule has 0 saturated heterocycles. The largest absolute Gasteiger partial charge is 0.460 e. The SMILES string of the molecule is CCOC(=O)C(=O)c1cccc(Cl)c1Br. The number of rotatable bonds is 3. The highest BCUT2D eigenvalue weighted by Crippen LogP contribution is 2.26. The molecule has 0 aliphatic heterocycles. The number of carbonyl (C=O) groups is 2. The predicted molar refractivity (Wildman–Crippen MR) is 60.1 cm³/mol. The average molecular weight is 292 g/mol. The number of esters is 1. The molecule has 1 aromatic carbocycles. The molecule has 1 aromatic rings. The van der Waals surface area contributed by atoms with Gasteiger partial charge in [-0.1, -0.05) is 17.7 Å². The maximum atomic E-state index is 11.5. The number of hydrogen-bond acceptors (Lipinski definition) is 3. The van der Waals surface area contributed by atoms with E-state index in [2.05, 4.69) is 20.7 Å². The van der Waals surface area contributed by atoms with Crippen LogP contribution >= 0.6 is 27.5 Å². The quantitative estimate of drug-likeness (QED) is 0.488. The number of ether oxygens (including phenoxy) is 1. The first-order valence-electron chi connectivity index (χ1n) is 4.23. The molecule has 0 fully saturated rings. The van der Waals surface area contributed by atoms with Crippen molar-refractivity contribution in [1.29, 1.82) is 0 Å². The minimum Gasteiger partial charge on any atom is -0.460 e. The van der Waals surface area contributed by atoms with Crippen LogP contribution in [0.25, 0.3) is 0 Å². The highest BCUT2D eigenvalue weighted by atomic mass is 79.9. The van der Waals surface area contributed by atoms with Crippen molar-refractivity contribution >= 4 is 39.3 Å². The van der Waals surface area contributed by atoms with E-state index in [0.717, 1.165) is 0 Å². The van der Waals surface area contributed by atoms with Crippen molar-refractivity contribution in [3.63, 3.8) is 0 Å². The van der Waals surface area contributed by atoms with Gasteiger partial charge in [-0.05, 0) is 35.0 Å². The van der Waals surface area contributed by atoms with Crippen molar-refractivity contribution in [1.82, 2.24) is 0 Å². The minimum absolute atomic E-state index is 0.169. The molecule has 1 rings (SSSR count). The molecule has 0 saturated carbocycles. The Labute approximate surface area is 100 Å². The van der Waals surface area contributed by atoms with Gasteiger partial charge in [-0.25, -0.2) is 4.79 Å². The summed E-state index contributed by atoms with van der Waals surface area (Å²) in [7, 11) is 0. The summed E-state index contributed by atoms with van der Waals surface area (Å²) in [5.74, 6) is -1.58. The van der Waals surface area contributed by atoms with E-state index in [-0.39, 0.29) is 12.2 Å². The number of Topliss-reactive ketones (excluding diaryl/α,β-unsaturated/α-hetero) is 1. The van der Waals surface area contributed by atoms with Gasteiger partial charge in [0, 0.05) is 10.0 Å². The van der Waals surface area contributed by atoms with Crippen LogP contribution in [0, 0.1) is 0 Å². The summed E-state index contributed by atoms with van der Waals surface area (Å²) < 4.78 is 5.01. The fourth-order valence-electron chi connectivity index (χ4n) is 0.986. The Morgan fingerprint density at radius 1 is 1.47 bits per heavy atom. The first-order valence-corrected chi connectivity index (χ1v) is 5.40. The smallest absolute Gasteiger partial charge is 0.379 e. The molecule has 0 aliphatic carbocycles. The van der Waals surface area contributed by atoms with Gasteiger partial charge >= 0.3 is 5.97 Å². The molecular formula is C10H8BrClO3. The Bertz CT molecular complexity index is 404. The molecule has 3 nitrogen and oxygen atoms in total. The monoisotopic (exact) mass is 290 g/mol. The standard InChI is InChI=1S/C10H8BrClO3/c1-2-15-10(14)9(13)6-4-3-5-7(12)8(6)11/h3-5H,2H2,1H3. The van der Waals surface area contributed by atoms with Crippen molar-refractivity contribution in [3.8, 4) is 0 Å². The maximum Gasteiger partial charge on any atom is 0.379 e. The Hall–Kier alpha value is -0.870. The van der Waals surface area contributed by atoms with Crippen LogP contribution in [0.3, 0.4) is 0 Å². The highest BCUT2D eigenvalue weighted by molar-refractivity contribution is 9.10. The molecule has 15 heavy (non-hydrogen) atoms. The van der Waals surface area contributed by atoms with Gasteiger partial charge in [0.05, 0.1) is 11.6 Å². The molecule has 0 heterocycles. The van der Waals surface area contributed by atoms with E-state index in [1.54, 1.807) is 19.1 Å². The molecule has 0 aromatic heterocycles. The molecule has 0 bridgehead atoms. The Balaban J connectivity index is 3.01. The van der Waals surface area contributed by atoms with E-state index in [1.807, 2.05) is 0 Å². The summed E-state index contributed by atoms with van der Waals surface area (Å²) in [5, 5.41) is 0.380. The molecule has 0 unspecified atom stereocenters. The van der Waals surface area contributed by atoms with Crippen molar-refractivity contribution in [3.05, 3.63) is 33.3 Å². The Morgan fingerprint density at radius 3 is 2.73 bits per heavy atom. The molecule has 5 heteroatoms. The second-order valence-corrected chi connectivity index (χ2v) is 3.85. The van der Waals surface area contributed by atoms with Gasteiger partial charge < -0.3 is 4.74 Å². The topological polar surface area (TPSA) is 43.4 Å². The summed E-state index contributed by atoms with van der Waals surface area (Å²) in [5.41, 5.74) is 0.209. The first kappa shape index (κ1) is 12.2. The molecule has 0 radical (unpaired) electrons. The van der Waals surface area contributed by atoms with Gasteiger partial charge in [0.1, 0.15) is 0 Å². The Kier molecular flexibility index (Phi) is 4.29. The highest BCUT2D eigenvalue weighted by Gasteiger charge is 2.20. The van der Waals surface area contributed by atoms with E-state index in [9.17, 15) is 9.59 Å². The van der Waals surface area contributed by atoms with Gasteiger partial charge in [0.25, 0.3) is 5.78 Å². The van der Waals surface area contributed by atoms with Crippen molar-refractivity contribution in [2.45, 2.75) is 6.92 Å². The van der Waals surface area contributed by atoms with Gasteiger partial charge in [-0.2, -0.15) is 0 Å².